The van der Waals surface area contributed by atoms with Gasteiger partial charge in [-0.05, 0) is 31.0 Å². The third kappa shape index (κ3) is 3.90. The van der Waals surface area contributed by atoms with Crippen molar-refractivity contribution >= 4 is 28.5 Å². The molecule has 1 aliphatic heterocycles. The van der Waals surface area contributed by atoms with E-state index in [1.54, 1.807) is 7.05 Å². The molecule has 0 unspecified atom stereocenters. The second kappa shape index (κ2) is 8.51. The Bertz CT molecular complexity index is 1230. The smallest absolute Gasteiger partial charge is 0.332 e. The van der Waals surface area contributed by atoms with Gasteiger partial charge in [0.25, 0.3) is 5.56 Å². The largest absolute Gasteiger partial charge is 0.369 e. The lowest BCUT2D eigenvalue weighted by molar-refractivity contribution is 0.241. The van der Waals surface area contributed by atoms with Crippen LogP contribution in [0.3, 0.4) is 0 Å². The summed E-state index contributed by atoms with van der Waals surface area (Å²) in [5.41, 5.74) is 2.74. The summed E-state index contributed by atoms with van der Waals surface area (Å²) in [5, 5.41) is 0.753. The summed E-state index contributed by atoms with van der Waals surface area (Å²) in [6.45, 7) is 9.10. The summed E-state index contributed by atoms with van der Waals surface area (Å²) in [6, 6.07) is 6.01. The Balaban J connectivity index is 1.60. The van der Waals surface area contributed by atoms with Crippen molar-refractivity contribution in [1.82, 2.24) is 23.6 Å². The van der Waals surface area contributed by atoms with Gasteiger partial charge in [0.15, 0.2) is 11.2 Å². The van der Waals surface area contributed by atoms with Crippen LogP contribution in [0.2, 0.25) is 5.02 Å². The summed E-state index contributed by atoms with van der Waals surface area (Å²) >= 11 is 6.21. The number of fused-ring (bicyclic) bond motifs is 1. The zero-order chi connectivity index (χ0) is 22.3. The lowest BCUT2D eigenvalue weighted by Crippen LogP contribution is -2.46. The van der Waals surface area contributed by atoms with Gasteiger partial charge in [-0.2, -0.15) is 0 Å². The molecule has 0 radical (unpaired) electrons. The molecule has 3 heterocycles. The van der Waals surface area contributed by atoms with Gasteiger partial charge < -0.3 is 9.47 Å². The van der Waals surface area contributed by atoms with Crippen LogP contribution in [0.5, 0.6) is 0 Å². The quantitative estimate of drug-likeness (QED) is 0.603. The molecule has 4 rings (SSSR count). The Morgan fingerprint density at radius 3 is 2.45 bits per heavy atom. The molecule has 0 amide bonds. The van der Waals surface area contributed by atoms with Crippen molar-refractivity contribution in [2.24, 2.45) is 14.1 Å². The van der Waals surface area contributed by atoms with Crippen molar-refractivity contribution < 1.29 is 0 Å². The maximum atomic E-state index is 12.8. The van der Waals surface area contributed by atoms with Crippen LogP contribution in [0, 0.1) is 6.92 Å². The van der Waals surface area contributed by atoms with Gasteiger partial charge in [0.1, 0.15) is 5.82 Å². The summed E-state index contributed by atoms with van der Waals surface area (Å²) in [6.07, 6.45) is 0.881. The van der Waals surface area contributed by atoms with Gasteiger partial charge in [-0.1, -0.05) is 24.6 Å². The van der Waals surface area contributed by atoms with E-state index in [1.807, 2.05) is 16.7 Å². The Hall–Kier alpha value is -2.58. The Kier molecular flexibility index (Phi) is 5.94. The van der Waals surface area contributed by atoms with Crippen molar-refractivity contribution in [3.8, 4) is 0 Å². The highest BCUT2D eigenvalue weighted by Gasteiger charge is 2.23. The number of benzene rings is 1. The van der Waals surface area contributed by atoms with Crippen molar-refractivity contribution in [2.45, 2.75) is 33.4 Å². The van der Waals surface area contributed by atoms with Crippen LogP contribution in [0.25, 0.3) is 11.2 Å². The van der Waals surface area contributed by atoms with Crippen LogP contribution in [0.4, 0.5) is 5.69 Å². The average molecular weight is 445 g/mol. The monoisotopic (exact) mass is 444 g/mol. The first-order chi connectivity index (χ1) is 14.8. The highest BCUT2D eigenvalue weighted by atomic mass is 35.5. The third-order valence-corrected chi connectivity index (χ3v) is 6.36. The first kappa shape index (κ1) is 21.6. The second-order valence-corrected chi connectivity index (χ2v) is 8.69. The van der Waals surface area contributed by atoms with Crippen LogP contribution in [-0.2, 0) is 27.2 Å². The number of imidazole rings is 1. The van der Waals surface area contributed by atoms with Crippen LogP contribution in [-0.4, -0.2) is 49.8 Å². The zero-order valence-corrected chi connectivity index (χ0v) is 19.3. The fraction of sp³-hybridized carbons (Fsp3) is 0.500. The first-order valence-corrected chi connectivity index (χ1v) is 11.1. The van der Waals surface area contributed by atoms with Crippen LogP contribution < -0.4 is 16.1 Å². The predicted molar refractivity (Wildman–Crippen MR) is 124 cm³/mol. The van der Waals surface area contributed by atoms with E-state index in [0.29, 0.717) is 24.3 Å². The van der Waals surface area contributed by atoms with Gasteiger partial charge in [0.05, 0.1) is 6.54 Å². The summed E-state index contributed by atoms with van der Waals surface area (Å²) in [7, 11) is 3.19. The lowest BCUT2D eigenvalue weighted by Gasteiger charge is -2.36. The number of halogens is 1. The minimum atomic E-state index is -0.351. The Labute approximate surface area is 186 Å². The number of anilines is 1. The third-order valence-electron chi connectivity index (χ3n) is 6.12. The zero-order valence-electron chi connectivity index (χ0n) is 18.6. The van der Waals surface area contributed by atoms with E-state index in [4.69, 9.17) is 16.6 Å². The van der Waals surface area contributed by atoms with E-state index < -0.39 is 0 Å². The molecule has 0 saturated carbocycles. The molecule has 0 N–H and O–H groups in total. The molecule has 0 spiro atoms. The molecule has 1 fully saturated rings. The number of rotatable bonds is 5. The minimum absolute atomic E-state index is 0.286. The van der Waals surface area contributed by atoms with Crippen LogP contribution >= 0.6 is 11.6 Å². The van der Waals surface area contributed by atoms with Crippen molar-refractivity contribution in [2.75, 3.05) is 31.1 Å². The Morgan fingerprint density at radius 1 is 1.06 bits per heavy atom. The van der Waals surface area contributed by atoms with E-state index in [0.717, 1.165) is 48.0 Å². The van der Waals surface area contributed by atoms with Crippen LogP contribution in [0.1, 0.15) is 24.7 Å². The molecule has 31 heavy (non-hydrogen) atoms. The van der Waals surface area contributed by atoms with Gasteiger partial charge in [-0.15, -0.1) is 0 Å². The number of nitrogens with zero attached hydrogens (tertiary/aromatic N) is 6. The fourth-order valence-electron chi connectivity index (χ4n) is 4.35. The maximum absolute atomic E-state index is 12.8. The molecule has 166 valence electrons. The molecule has 9 heteroatoms. The summed E-state index contributed by atoms with van der Waals surface area (Å²) < 4.78 is 4.61. The van der Waals surface area contributed by atoms with Gasteiger partial charge in [0, 0.05) is 57.5 Å². The molecule has 1 aliphatic rings. The standard InChI is InChI=1S/C22H29ClN6O2/c1-5-8-29-18(24-20-19(29)21(30)26(4)22(31)25(20)3)14-27-9-11-28(12-10-27)17-13-16(23)7-6-15(17)2/h6-7,13H,5,8-12,14H2,1-4H3. The van der Waals surface area contributed by atoms with Gasteiger partial charge >= 0.3 is 5.69 Å². The fourth-order valence-corrected chi connectivity index (χ4v) is 4.51. The maximum Gasteiger partial charge on any atom is 0.332 e. The predicted octanol–water partition coefficient (Wildman–Crippen LogP) is 2.13. The van der Waals surface area contributed by atoms with Gasteiger partial charge in [-0.25, -0.2) is 9.78 Å². The molecule has 3 aromatic rings. The van der Waals surface area contributed by atoms with Crippen molar-refractivity contribution in [3.63, 3.8) is 0 Å². The van der Waals surface area contributed by atoms with E-state index in [1.165, 1.54) is 22.9 Å². The first-order valence-electron chi connectivity index (χ1n) is 10.7. The normalized spacial score (nSPS) is 15.2. The number of piperazine rings is 1. The van der Waals surface area contributed by atoms with E-state index in [9.17, 15) is 9.59 Å². The molecule has 1 saturated heterocycles. The number of hydrogen-bond donors (Lipinski definition) is 0. The van der Waals surface area contributed by atoms with Gasteiger partial charge in [-0.3, -0.25) is 18.8 Å². The molecular weight excluding hydrogens is 416 g/mol. The van der Waals surface area contributed by atoms with E-state index in [2.05, 4.69) is 29.7 Å². The molecule has 1 aromatic carbocycles. The molecule has 0 atom stereocenters. The SMILES string of the molecule is CCCn1c(CN2CCN(c3cc(Cl)ccc3C)CC2)nc2c1c(=O)n(C)c(=O)n2C. The minimum Gasteiger partial charge on any atom is -0.369 e. The number of aryl methyl sites for hydroxylation is 3. The molecule has 0 bridgehead atoms. The molecule has 8 nitrogen and oxygen atoms in total. The summed E-state index contributed by atoms with van der Waals surface area (Å²) in [4.78, 5) is 34.6. The van der Waals surface area contributed by atoms with Gasteiger partial charge in [0.2, 0.25) is 0 Å². The van der Waals surface area contributed by atoms with Crippen LogP contribution in [0.15, 0.2) is 27.8 Å². The summed E-state index contributed by atoms with van der Waals surface area (Å²) in [5.74, 6) is 0.836. The number of hydrogen-bond acceptors (Lipinski definition) is 5. The molecular formula is C22H29ClN6O2. The Morgan fingerprint density at radius 2 is 1.77 bits per heavy atom. The lowest BCUT2D eigenvalue weighted by atomic mass is 10.1. The van der Waals surface area contributed by atoms with E-state index >= 15 is 0 Å². The van der Waals surface area contributed by atoms with Crippen molar-refractivity contribution in [1.29, 1.82) is 0 Å². The topological polar surface area (TPSA) is 68.3 Å². The number of aromatic nitrogens is 4. The molecule has 0 aliphatic carbocycles. The van der Waals surface area contributed by atoms with E-state index in [-0.39, 0.29) is 11.2 Å². The second-order valence-electron chi connectivity index (χ2n) is 8.25. The average Bonchev–Trinajstić information content (AvgIpc) is 3.11. The highest BCUT2D eigenvalue weighted by Crippen LogP contribution is 2.25. The van der Waals surface area contributed by atoms with Crippen molar-refractivity contribution in [3.05, 3.63) is 55.4 Å². The highest BCUT2D eigenvalue weighted by molar-refractivity contribution is 6.30. The molecule has 2 aromatic heterocycles.